The Morgan fingerprint density at radius 1 is 1.75 bits per heavy atom. The van der Waals surface area contributed by atoms with Crippen molar-refractivity contribution < 1.29 is 4.74 Å². The Kier molecular flexibility index (Phi) is 2.92. The number of ether oxygens (including phenoxy) is 1. The highest BCUT2D eigenvalue weighted by Gasteiger charge is 1.90. The Bertz CT molecular complexity index is 107. The van der Waals surface area contributed by atoms with Crippen molar-refractivity contribution in [2.24, 2.45) is 0 Å². The molecule has 0 aromatic rings. The molecule has 2 heteroatoms. The molecule has 0 saturated heterocycles. The predicted octanol–water partition coefficient (Wildman–Crippen LogP) is 1.92. The summed E-state index contributed by atoms with van der Waals surface area (Å²) in [6, 6.07) is 0. The first kappa shape index (κ1) is 7.21. The highest BCUT2D eigenvalue weighted by Crippen LogP contribution is 1.93. The van der Waals surface area contributed by atoms with Gasteiger partial charge in [-0.15, -0.1) is 0 Å². The lowest BCUT2D eigenvalue weighted by molar-refractivity contribution is 0.405. The largest absolute Gasteiger partial charge is 0.449 e. The summed E-state index contributed by atoms with van der Waals surface area (Å²) in [5, 5.41) is 6.98. The molecule has 0 amide bonds. The van der Waals surface area contributed by atoms with Gasteiger partial charge in [-0.05, 0) is 6.92 Å². The maximum atomic E-state index is 6.98. The molecule has 0 aromatic carbocycles. The van der Waals surface area contributed by atoms with Crippen LogP contribution in [0.5, 0.6) is 0 Å². The molecule has 0 spiro atoms. The molecule has 0 saturated carbocycles. The first-order chi connectivity index (χ1) is 3.66. The van der Waals surface area contributed by atoms with Crippen LogP contribution in [-0.2, 0) is 4.74 Å². The van der Waals surface area contributed by atoms with E-state index < -0.39 is 0 Å². The molecule has 1 N–H and O–H groups in total. The van der Waals surface area contributed by atoms with E-state index in [0.717, 1.165) is 0 Å². The summed E-state index contributed by atoms with van der Waals surface area (Å²) in [6.45, 7) is 7.07. The van der Waals surface area contributed by atoms with E-state index in [1.807, 2.05) is 6.92 Å². The fourth-order valence-corrected chi connectivity index (χ4v) is 0.282. The molecule has 0 aromatic heterocycles. The molecule has 0 aliphatic heterocycles. The van der Waals surface area contributed by atoms with Crippen LogP contribution in [0.25, 0.3) is 0 Å². The number of nitrogens with one attached hydrogen (secondary N) is 1. The highest BCUT2D eigenvalue weighted by molar-refractivity contribution is 5.73. The van der Waals surface area contributed by atoms with Crippen LogP contribution in [-0.4, -0.2) is 5.90 Å². The summed E-state index contributed by atoms with van der Waals surface area (Å²) in [5.41, 5.74) is 0. The fraction of sp³-hybridized carbons (Fsp3) is 0.500. The minimum atomic E-state index is 0.275. The first-order valence-corrected chi connectivity index (χ1v) is 2.57. The Morgan fingerprint density at radius 3 is 2.38 bits per heavy atom. The van der Waals surface area contributed by atoms with Crippen LogP contribution in [0.15, 0.2) is 12.3 Å². The third kappa shape index (κ3) is 3.40. The van der Waals surface area contributed by atoms with Crippen molar-refractivity contribution in [3.05, 3.63) is 12.3 Å². The first-order valence-electron chi connectivity index (χ1n) is 2.57. The van der Waals surface area contributed by atoms with E-state index in [-0.39, 0.29) is 5.90 Å². The average molecular weight is 113 g/mol. The van der Waals surface area contributed by atoms with Crippen LogP contribution in [0.4, 0.5) is 0 Å². The van der Waals surface area contributed by atoms with Gasteiger partial charge in [-0.25, -0.2) is 0 Å². The van der Waals surface area contributed by atoms with Crippen molar-refractivity contribution in [3.63, 3.8) is 0 Å². The Labute approximate surface area is 49.7 Å². The molecular weight excluding hydrogens is 102 g/mol. The minimum absolute atomic E-state index is 0.275. The highest BCUT2D eigenvalue weighted by atomic mass is 16.5. The van der Waals surface area contributed by atoms with Crippen molar-refractivity contribution in [3.8, 4) is 0 Å². The van der Waals surface area contributed by atoms with Crippen LogP contribution in [0.3, 0.4) is 0 Å². The fourth-order valence-electron chi connectivity index (χ4n) is 0.282. The van der Waals surface area contributed by atoms with Gasteiger partial charge in [-0.2, -0.15) is 0 Å². The van der Waals surface area contributed by atoms with Crippen LogP contribution in [0.1, 0.15) is 20.3 Å². The number of rotatable bonds is 2. The van der Waals surface area contributed by atoms with Gasteiger partial charge < -0.3 is 4.74 Å². The minimum Gasteiger partial charge on any atom is -0.449 e. The normalized spacial score (nSPS) is 8.25. The van der Waals surface area contributed by atoms with E-state index >= 15 is 0 Å². The zero-order valence-corrected chi connectivity index (χ0v) is 5.32. The summed E-state index contributed by atoms with van der Waals surface area (Å²) in [7, 11) is 0. The molecule has 0 bridgehead atoms. The number of hydrogen-bond acceptors (Lipinski definition) is 2. The van der Waals surface area contributed by atoms with Gasteiger partial charge in [0.1, 0.15) is 0 Å². The molecule has 0 fully saturated rings. The van der Waals surface area contributed by atoms with Gasteiger partial charge in [0.15, 0.2) is 5.90 Å². The topological polar surface area (TPSA) is 33.1 Å². The Morgan fingerprint density at radius 2 is 2.25 bits per heavy atom. The molecule has 2 nitrogen and oxygen atoms in total. The standard InChI is InChI=1S/C6H11NO/c1-4-6(7)8-5(2)3/h7H,2,4H2,1,3H3. The molecule has 0 aliphatic rings. The lowest BCUT2D eigenvalue weighted by Crippen LogP contribution is -1.97. The van der Waals surface area contributed by atoms with Gasteiger partial charge in [-0.1, -0.05) is 13.5 Å². The van der Waals surface area contributed by atoms with Crippen molar-refractivity contribution in [2.45, 2.75) is 20.3 Å². The zero-order chi connectivity index (χ0) is 6.57. The van der Waals surface area contributed by atoms with Gasteiger partial charge in [0.25, 0.3) is 0 Å². The van der Waals surface area contributed by atoms with Crippen LogP contribution in [0, 0.1) is 5.41 Å². The third-order valence-electron chi connectivity index (χ3n) is 0.619. The van der Waals surface area contributed by atoms with Gasteiger partial charge in [-0.3, -0.25) is 5.41 Å². The van der Waals surface area contributed by atoms with Crippen LogP contribution >= 0.6 is 0 Å². The molecule has 8 heavy (non-hydrogen) atoms. The third-order valence-corrected chi connectivity index (χ3v) is 0.619. The molecule has 0 unspecified atom stereocenters. The SMILES string of the molecule is C=C(C)OC(=N)CC. The van der Waals surface area contributed by atoms with Crippen LogP contribution < -0.4 is 0 Å². The molecule has 0 aliphatic carbocycles. The van der Waals surface area contributed by atoms with Crippen molar-refractivity contribution >= 4 is 5.90 Å². The van der Waals surface area contributed by atoms with E-state index in [0.29, 0.717) is 12.2 Å². The Balaban J connectivity index is 3.40. The van der Waals surface area contributed by atoms with E-state index in [2.05, 4.69) is 6.58 Å². The number of allylic oxidation sites excluding steroid dienone is 1. The average Bonchev–Trinajstić information content (AvgIpc) is 1.65. The Hall–Kier alpha value is -0.790. The molecule has 0 radical (unpaired) electrons. The smallest absolute Gasteiger partial charge is 0.186 e. The van der Waals surface area contributed by atoms with E-state index in [1.165, 1.54) is 0 Å². The summed E-state index contributed by atoms with van der Waals surface area (Å²) < 4.78 is 4.79. The van der Waals surface area contributed by atoms with Crippen molar-refractivity contribution in [2.75, 3.05) is 0 Å². The summed E-state index contributed by atoms with van der Waals surface area (Å²) in [4.78, 5) is 0. The summed E-state index contributed by atoms with van der Waals surface area (Å²) >= 11 is 0. The van der Waals surface area contributed by atoms with E-state index in [4.69, 9.17) is 10.1 Å². The zero-order valence-electron chi connectivity index (χ0n) is 5.32. The van der Waals surface area contributed by atoms with Crippen molar-refractivity contribution in [1.29, 1.82) is 5.41 Å². The van der Waals surface area contributed by atoms with Crippen molar-refractivity contribution in [1.82, 2.24) is 0 Å². The monoisotopic (exact) mass is 113 g/mol. The van der Waals surface area contributed by atoms with E-state index in [1.54, 1.807) is 6.92 Å². The van der Waals surface area contributed by atoms with Crippen LogP contribution in [0.2, 0.25) is 0 Å². The maximum absolute atomic E-state index is 6.98. The molecule has 0 heterocycles. The van der Waals surface area contributed by atoms with E-state index in [9.17, 15) is 0 Å². The lowest BCUT2D eigenvalue weighted by atomic mass is 10.5. The van der Waals surface area contributed by atoms with Gasteiger partial charge >= 0.3 is 0 Å². The molecule has 0 rings (SSSR count). The second kappa shape index (κ2) is 3.24. The van der Waals surface area contributed by atoms with Gasteiger partial charge in [0, 0.05) is 6.42 Å². The van der Waals surface area contributed by atoms with Gasteiger partial charge in [0.05, 0.1) is 5.76 Å². The van der Waals surface area contributed by atoms with Gasteiger partial charge in [0.2, 0.25) is 0 Å². The number of hydrogen-bond donors (Lipinski definition) is 1. The summed E-state index contributed by atoms with van der Waals surface area (Å²) in [5.74, 6) is 0.856. The second-order valence-electron chi connectivity index (χ2n) is 1.58. The predicted molar refractivity (Wildman–Crippen MR) is 33.9 cm³/mol. The lowest BCUT2D eigenvalue weighted by Gasteiger charge is -2.00. The molecule has 46 valence electrons. The summed E-state index contributed by atoms with van der Waals surface area (Å²) in [6.07, 6.45) is 0.632. The second-order valence-corrected chi connectivity index (χ2v) is 1.58. The molecular formula is C6H11NO. The molecule has 0 atom stereocenters. The maximum Gasteiger partial charge on any atom is 0.186 e. The quantitative estimate of drug-likeness (QED) is 0.331.